The molecular weight excluding hydrogens is 188 g/mol. The quantitative estimate of drug-likeness (QED) is 0.612. The maximum Gasteiger partial charge on any atom is 0.345 e. The molecule has 2 aliphatic rings. The number of ether oxygens (including phenoxy) is 3. The molecule has 72 valence electrons. The lowest BCUT2D eigenvalue weighted by Crippen LogP contribution is -1.98. The number of aliphatic hydroxyl groups excluding tert-OH is 1. The molecule has 0 aliphatic carbocycles. The van der Waals surface area contributed by atoms with E-state index in [1.54, 1.807) is 12.1 Å². The summed E-state index contributed by atoms with van der Waals surface area (Å²) in [6.07, 6.45) is -1.19. The van der Waals surface area contributed by atoms with Crippen LogP contribution in [-0.2, 0) is 4.74 Å². The van der Waals surface area contributed by atoms with Gasteiger partial charge in [0.2, 0.25) is 13.1 Å². The molecule has 5 nitrogen and oxygen atoms in total. The Morgan fingerprint density at radius 2 is 2.21 bits per heavy atom. The lowest BCUT2D eigenvalue weighted by atomic mass is 10.1. The molecule has 5 heteroatoms. The van der Waals surface area contributed by atoms with Crippen molar-refractivity contribution in [2.24, 2.45) is 0 Å². The molecule has 3 rings (SSSR count). The second-order valence-corrected chi connectivity index (χ2v) is 3.02. The molecule has 0 saturated heterocycles. The van der Waals surface area contributed by atoms with Gasteiger partial charge < -0.3 is 19.3 Å². The van der Waals surface area contributed by atoms with E-state index >= 15 is 0 Å². The monoisotopic (exact) mass is 194 g/mol. The molecule has 2 heterocycles. The fourth-order valence-corrected chi connectivity index (χ4v) is 1.63. The third-order valence-corrected chi connectivity index (χ3v) is 2.26. The van der Waals surface area contributed by atoms with Crippen LogP contribution in [0.5, 0.6) is 11.5 Å². The zero-order chi connectivity index (χ0) is 9.71. The van der Waals surface area contributed by atoms with Gasteiger partial charge in [0.25, 0.3) is 0 Å². The second-order valence-electron chi connectivity index (χ2n) is 3.02. The highest BCUT2D eigenvalue weighted by Crippen LogP contribution is 2.43. The van der Waals surface area contributed by atoms with Crippen molar-refractivity contribution in [3.05, 3.63) is 23.3 Å². The summed E-state index contributed by atoms with van der Waals surface area (Å²) in [5.74, 6) is 0.300. The number of fused-ring (bicyclic) bond motifs is 3. The fourth-order valence-electron chi connectivity index (χ4n) is 1.63. The van der Waals surface area contributed by atoms with Crippen LogP contribution in [0.1, 0.15) is 22.2 Å². The van der Waals surface area contributed by atoms with Gasteiger partial charge >= 0.3 is 5.97 Å². The Kier molecular flexibility index (Phi) is 1.30. The van der Waals surface area contributed by atoms with Gasteiger partial charge in [-0.25, -0.2) is 4.79 Å². The predicted octanol–water partition coefficient (Wildman–Crippen LogP) is 0.577. The van der Waals surface area contributed by atoms with E-state index < -0.39 is 12.3 Å². The summed E-state index contributed by atoms with van der Waals surface area (Å²) in [6, 6.07) is 3.24. The fraction of sp³-hybridized carbons (Fsp3) is 0.222. The first-order valence-electron chi connectivity index (χ1n) is 4.09. The summed E-state index contributed by atoms with van der Waals surface area (Å²) in [4.78, 5) is 11.3. The van der Waals surface area contributed by atoms with Gasteiger partial charge in [-0.05, 0) is 12.1 Å². The number of hydrogen-bond donors (Lipinski definition) is 1. The molecule has 14 heavy (non-hydrogen) atoms. The van der Waals surface area contributed by atoms with Crippen molar-refractivity contribution < 1.29 is 24.1 Å². The molecule has 0 amide bonds. The first-order chi connectivity index (χ1) is 6.77. The molecule has 0 radical (unpaired) electrons. The van der Waals surface area contributed by atoms with Crippen LogP contribution in [0.4, 0.5) is 0 Å². The van der Waals surface area contributed by atoms with Crippen molar-refractivity contribution in [3.8, 4) is 11.5 Å². The molecule has 2 aliphatic heterocycles. The number of cyclic esters (lactones) is 1. The van der Waals surface area contributed by atoms with Gasteiger partial charge in [0, 0.05) is 5.56 Å². The number of rotatable bonds is 0. The lowest BCUT2D eigenvalue weighted by molar-refractivity contribution is -0.0547. The molecule has 1 aromatic rings. The second kappa shape index (κ2) is 2.39. The van der Waals surface area contributed by atoms with Gasteiger partial charge in [-0.1, -0.05) is 0 Å². The van der Waals surface area contributed by atoms with Crippen molar-refractivity contribution in [3.63, 3.8) is 0 Å². The van der Waals surface area contributed by atoms with Crippen LogP contribution in [0.15, 0.2) is 12.1 Å². The van der Waals surface area contributed by atoms with Gasteiger partial charge in [0.15, 0.2) is 11.5 Å². The maximum atomic E-state index is 11.3. The first kappa shape index (κ1) is 7.64. The minimum absolute atomic E-state index is 0.0924. The Morgan fingerprint density at radius 3 is 3.07 bits per heavy atom. The topological polar surface area (TPSA) is 65.0 Å². The van der Waals surface area contributed by atoms with E-state index in [9.17, 15) is 9.90 Å². The standard InChI is InChI=1S/C9H6O5/c10-8-4-1-2-5-7(13-3-12-5)6(4)9(11)14-8/h1-2,8,10H,3H2/t8-/m1/s1. The molecular formula is C9H6O5. The van der Waals surface area contributed by atoms with Crippen LogP contribution in [-0.4, -0.2) is 17.9 Å². The first-order valence-corrected chi connectivity index (χ1v) is 4.09. The van der Waals surface area contributed by atoms with E-state index in [0.29, 0.717) is 17.1 Å². The summed E-state index contributed by atoms with van der Waals surface area (Å²) in [6.45, 7) is 0.0924. The molecule has 0 unspecified atom stereocenters. The zero-order valence-corrected chi connectivity index (χ0v) is 7.02. The number of esters is 1. The van der Waals surface area contributed by atoms with E-state index in [0.717, 1.165) is 0 Å². The van der Waals surface area contributed by atoms with Crippen LogP contribution in [0.2, 0.25) is 0 Å². The Bertz CT molecular complexity index is 425. The molecule has 1 N–H and O–H groups in total. The van der Waals surface area contributed by atoms with Crippen molar-refractivity contribution in [1.29, 1.82) is 0 Å². The van der Waals surface area contributed by atoms with E-state index in [1.807, 2.05) is 0 Å². The van der Waals surface area contributed by atoms with Gasteiger partial charge in [0.1, 0.15) is 5.56 Å². The highest BCUT2D eigenvalue weighted by molar-refractivity contribution is 5.97. The van der Waals surface area contributed by atoms with Crippen LogP contribution in [0, 0.1) is 0 Å². The van der Waals surface area contributed by atoms with Gasteiger partial charge in [-0.3, -0.25) is 0 Å². The Morgan fingerprint density at radius 1 is 1.36 bits per heavy atom. The number of carbonyl (C=O) groups excluding carboxylic acids is 1. The summed E-state index contributed by atoms with van der Waals surface area (Å²) >= 11 is 0. The molecule has 1 atom stereocenters. The SMILES string of the molecule is O=C1O[C@@H](O)c2ccc3c(c21)OCO3. The summed E-state index contributed by atoms with van der Waals surface area (Å²) in [5, 5.41) is 9.34. The van der Waals surface area contributed by atoms with E-state index in [4.69, 9.17) is 9.47 Å². The predicted molar refractivity (Wildman–Crippen MR) is 42.9 cm³/mol. The van der Waals surface area contributed by atoms with Crippen molar-refractivity contribution >= 4 is 5.97 Å². The third kappa shape index (κ3) is 0.793. The van der Waals surface area contributed by atoms with Crippen LogP contribution in [0.3, 0.4) is 0 Å². The molecule has 0 bridgehead atoms. The average molecular weight is 194 g/mol. The van der Waals surface area contributed by atoms with Crippen LogP contribution < -0.4 is 9.47 Å². The normalized spacial score (nSPS) is 22.1. The highest BCUT2D eigenvalue weighted by Gasteiger charge is 2.36. The van der Waals surface area contributed by atoms with Crippen LogP contribution >= 0.6 is 0 Å². The summed E-state index contributed by atoms with van der Waals surface area (Å²) < 4.78 is 14.9. The summed E-state index contributed by atoms with van der Waals surface area (Å²) in [5.41, 5.74) is 0.701. The Labute approximate surface area is 78.8 Å². The minimum Gasteiger partial charge on any atom is -0.454 e. The minimum atomic E-state index is -1.19. The Balaban J connectivity index is 2.28. The maximum absolute atomic E-state index is 11.3. The number of carbonyl (C=O) groups is 1. The van der Waals surface area contributed by atoms with E-state index in [-0.39, 0.29) is 12.4 Å². The Hall–Kier alpha value is -1.75. The third-order valence-electron chi connectivity index (χ3n) is 2.26. The van der Waals surface area contributed by atoms with Crippen molar-refractivity contribution in [1.82, 2.24) is 0 Å². The summed E-state index contributed by atoms with van der Waals surface area (Å²) in [7, 11) is 0. The largest absolute Gasteiger partial charge is 0.454 e. The van der Waals surface area contributed by atoms with Crippen molar-refractivity contribution in [2.45, 2.75) is 6.29 Å². The number of hydrogen-bond acceptors (Lipinski definition) is 5. The molecule has 1 aromatic carbocycles. The number of benzene rings is 1. The lowest BCUT2D eigenvalue weighted by Gasteiger charge is -2.01. The zero-order valence-electron chi connectivity index (χ0n) is 7.02. The molecule has 0 aromatic heterocycles. The van der Waals surface area contributed by atoms with Gasteiger partial charge in [0.05, 0.1) is 0 Å². The van der Waals surface area contributed by atoms with Gasteiger partial charge in [-0.15, -0.1) is 0 Å². The van der Waals surface area contributed by atoms with Crippen molar-refractivity contribution in [2.75, 3.05) is 6.79 Å². The molecule has 0 fully saturated rings. The molecule has 0 saturated carbocycles. The molecule has 0 spiro atoms. The number of aliphatic hydroxyl groups is 1. The van der Waals surface area contributed by atoms with E-state index in [1.165, 1.54) is 0 Å². The average Bonchev–Trinajstić information content (AvgIpc) is 2.71. The van der Waals surface area contributed by atoms with Crippen LogP contribution in [0.25, 0.3) is 0 Å². The smallest absolute Gasteiger partial charge is 0.345 e. The van der Waals surface area contributed by atoms with E-state index in [2.05, 4.69) is 4.74 Å². The highest BCUT2D eigenvalue weighted by atomic mass is 16.7. The van der Waals surface area contributed by atoms with Gasteiger partial charge in [-0.2, -0.15) is 0 Å².